The Labute approximate surface area is 208 Å². The Kier molecular flexibility index (Phi) is 19.6. The molecule has 0 aliphatic carbocycles. The van der Waals surface area contributed by atoms with Gasteiger partial charge < -0.3 is 40.2 Å². The Bertz CT molecular complexity index is 503. The Morgan fingerprint density at radius 3 is 0.882 bits per heavy atom. The van der Waals surface area contributed by atoms with E-state index in [0.29, 0.717) is 79.0 Å². The number of carbonyl (C=O) groups excluding carboxylic acids is 4. The number of amides is 4. The lowest BCUT2D eigenvalue weighted by Crippen LogP contribution is -2.32. The summed E-state index contributed by atoms with van der Waals surface area (Å²) >= 11 is 2.46. The summed E-state index contributed by atoms with van der Waals surface area (Å²) in [5.74, 6) is 0.125. The molecule has 34 heavy (non-hydrogen) atoms. The van der Waals surface area contributed by atoms with Crippen molar-refractivity contribution in [3.63, 3.8) is 0 Å². The van der Waals surface area contributed by atoms with E-state index in [4.69, 9.17) is 18.9 Å². The van der Waals surface area contributed by atoms with Gasteiger partial charge in [-0.2, -0.15) is 0 Å². The van der Waals surface area contributed by atoms with Gasteiger partial charge in [0, 0.05) is 26.2 Å². The first-order valence-corrected chi connectivity index (χ1v) is 13.4. The number of hydrogen-bond donors (Lipinski definition) is 4. The third-order valence-electron chi connectivity index (χ3n) is 3.95. The summed E-state index contributed by atoms with van der Waals surface area (Å²) in [6.07, 6.45) is 0. The van der Waals surface area contributed by atoms with Gasteiger partial charge in [0.05, 0.1) is 75.9 Å². The van der Waals surface area contributed by atoms with Crippen molar-refractivity contribution >= 4 is 47.2 Å². The van der Waals surface area contributed by atoms with Gasteiger partial charge in [0.2, 0.25) is 23.6 Å². The van der Waals surface area contributed by atoms with Gasteiger partial charge in [-0.05, 0) is 0 Å². The van der Waals surface area contributed by atoms with Gasteiger partial charge >= 0.3 is 0 Å². The molecule has 4 N–H and O–H groups in total. The van der Waals surface area contributed by atoms with E-state index in [1.54, 1.807) is 0 Å². The van der Waals surface area contributed by atoms with Crippen LogP contribution in [0.15, 0.2) is 0 Å². The molecule has 0 spiro atoms. The van der Waals surface area contributed by atoms with Crippen LogP contribution in [0, 0.1) is 0 Å². The summed E-state index contributed by atoms with van der Waals surface area (Å²) in [5.41, 5.74) is 0. The zero-order valence-corrected chi connectivity index (χ0v) is 21.0. The largest absolute Gasteiger partial charge is 0.377 e. The van der Waals surface area contributed by atoms with Gasteiger partial charge in [0.1, 0.15) is 0 Å². The van der Waals surface area contributed by atoms with E-state index >= 15 is 0 Å². The minimum atomic E-state index is -0.158. The first kappa shape index (κ1) is 30.5. The Hall–Kier alpha value is -1.58. The van der Waals surface area contributed by atoms with E-state index < -0.39 is 0 Å². The van der Waals surface area contributed by atoms with Crippen LogP contribution in [0.4, 0.5) is 0 Å². The minimum absolute atomic E-state index is 0.158. The molecule has 0 aromatic rings. The predicted molar refractivity (Wildman–Crippen MR) is 130 cm³/mol. The van der Waals surface area contributed by atoms with Crippen LogP contribution in [0.3, 0.4) is 0 Å². The molecule has 1 fully saturated rings. The highest BCUT2D eigenvalue weighted by molar-refractivity contribution is 8.00. The maximum absolute atomic E-state index is 11.7. The minimum Gasteiger partial charge on any atom is -0.377 e. The molecule has 196 valence electrons. The van der Waals surface area contributed by atoms with Crippen molar-refractivity contribution in [2.24, 2.45) is 0 Å². The highest BCUT2D eigenvalue weighted by Gasteiger charge is 2.06. The fourth-order valence-electron chi connectivity index (χ4n) is 2.37. The molecule has 0 saturated carbocycles. The quantitative estimate of drug-likeness (QED) is 0.280. The zero-order chi connectivity index (χ0) is 24.7. The van der Waals surface area contributed by atoms with Crippen molar-refractivity contribution in [1.82, 2.24) is 21.3 Å². The van der Waals surface area contributed by atoms with Crippen molar-refractivity contribution in [2.75, 3.05) is 102 Å². The molecule has 12 nitrogen and oxygen atoms in total. The molecule has 1 aliphatic heterocycles. The fraction of sp³-hybridized carbons (Fsp3) is 0.800. The lowest BCUT2D eigenvalue weighted by atomic mass is 10.6. The van der Waals surface area contributed by atoms with Crippen molar-refractivity contribution in [2.45, 2.75) is 0 Å². The first-order valence-electron chi connectivity index (χ1n) is 11.1. The summed E-state index contributed by atoms with van der Waals surface area (Å²) in [4.78, 5) is 47.0. The molecule has 1 saturated heterocycles. The molecule has 0 radical (unpaired) electrons. The SMILES string of the molecule is O=C1CSCC(=O)NCCOCCOCCNC(=O)CSCC(=O)NCCOCCOCCN1. The molecular formula is C20H36N4O8S2. The molecule has 1 aliphatic rings. The number of hydrogen-bond acceptors (Lipinski definition) is 10. The maximum Gasteiger partial charge on any atom is 0.230 e. The Morgan fingerprint density at radius 1 is 0.412 bits per heavy atom. The summed E-state index contributed by atoms with van der Waals surface area (Å²) in [7, 11) is 0. The summed E-state index contributed by atoms with van der Waals surface area (Å²) < 4.78 is 21.5. The van der Waals surface area contributed by atoms with Gasteiger partial charge in [-0.25, -0.2) is 0 Å². The molecular weight excluding hydrogens is 488 g/mol. The zero-order valence-electron chi connectivity index (χ0n) is 19.4. The smallest absolute Gasteiger partial charge is 0.230 e. The molecule has 0 bridgehead atoms. The summed E-state index contributed by atoms with van der Waals surface area (Å²) in [5, 5.41) is 10.9. The van der Waals surface area contributed by atoms with E-state index in [2.05, 4.69) is 21.3 Å². The topological polar surface area (TPSA) is 153 Å². The average Bonchev–Trinajstić information content (AvgIpc) is 2.81. The van der Waals surface area contributed by atoms with Crippen LogP contribution in [-0.4, -0.2) is 126 Å². The van der Waals surface area contributed by atoms with Crippen molar-refractivity contribution in [3.8, 4) is 0 Å². The van der Waals surface area contributed by atoms with Gasteiger partial charge in [0.15, 0.2) is 0 Å². The fourth-order valence-corrected chi connectivity index (χ4v) is 3.73. The second kappa shape index (κ2) is 21.9. The third kappa shape index (κ3) is 19.9. The second-order valence-corrected chi connectivity index (χ2v) is 8.81. The van der Waals surface area contributed by atoms with Crippen LogP contribution < -0.4 is 21.3 Å². The Balaban J connectivity index is 2.24. The third-order valence-corrected chi connectivity index (χ3v) is 5.82. The van der Waals surface area contributed by atoms with Gasteiger partial charge in [-0.15, -0.1) is 23.5 Å². The average molecular weight is 525 g/mol. The van der Waals surface area contributed by atoms with Crippen LogP contribution >= 0.6 is 23.5 Å². The van der Waals surface area contributed by atoms with Crippen molar-refractivity contribution < 1.29 is 38.1 Å². The molecule has 1 heterocycles. The van der Waals surface area contributed by atoms with Gasteiger partial charge in [-0.3, -0.25) is 19.2 Å². The molecule has 0 unspecified atom stereocenters. The number of carbonyl (C=O) groups is 4. The lowest BCUT2D eigenvalue weighted by Gasteiger charge is -2.09. The number of ether oxygens (including phenoxy) is 4. The van der Waals surface area contributed by atoms with Crippen molar-refractivity contribution in [1.29, 1.82) is 0 Å². The van der Waals surface area contributed by atoms with Crippen LogP contribution in [0.5, 0.6) is 0 Å². The van der Waals surface area contributed by atoms with Gasteiger partial charge in [0.25, 0.3) is 0 Å². The van der Waals surface area contributed by atoms with E-state index in [0.717, 1.165) is 0 Å². The van der Waals surface area contributed by atoms with E-state index in [-0.39, 0.29) is 46.6 Å². The molecule has 1 rings (SSSR count). The summed E-state index contributed by atoms with van der Waals surface area (Å²) in [6, 6.07) is 0. The lowest BCUT2D eigenvalue weighted by molar-refractivity contribution is -0.120. The van der Waals surface area contributed by atoms with Crippen LogP contribution in [-0.2, 0) is 38.1 Å². The standard InChI is InChI=1S/C20H36N4O8S2/c25-17-13-33-14-18(26)22-3-7-31-11-12-32-8-4-24-20(28)16-34-15-19(27)23-2-6-30-10-9-29-5-1-21-17/h1-16H2,(H,21,25)(H,22,26)(H,23,27)(H,24,28). The highest BCUT2D eigenvalue weighted by atomic mass is 32.2. The normalized spacial score (nSPS) is 21.9. The Morgan fingerprint density at radius 2 is 0.647 bits per heavy atom. The summed E-state index contributed by atoms with van der Waals surface area (Å²) in [6.45, 7) is 4.40. The van der Waals surface area contributed by atoms with Crippen LogP contribution in [0.25, 0.3) is 0 Å². The maximum atomic E-state index is 11.7. The molecule has 4 amide bonds. The number of thioether (sulfide) groups is 2. The monoisotopic (exact) mass is 524 g/mol. The molecule has 0 atom stereocenters. The van der Waals surface area contributed by atoms with Crippen LogP contribution in [0.2, 0.25) is 0 Å². The van der Waals surface area contributed by atoms with Crippen molar-refractivity contribution in [3.05, 3.63) is 0 Å². The molecule has 0 aromatic carbocycles. The molecule has 0 aromatic heterocycles. The van der Waals surface area contributed by atoms with E-state index in [9.17, 15) is 19.2 Å². The van der Waals surface area contributed by atoms with E-state index in [1.807, 2.05) is 0 Å². The number of nitrogens with one attached hydrogen (secondary N) is 4. The number of rotatable bonds is 0. The van der Waals surface area contributed by atoms with Gasteiger partial charge in [-0.1, -0.05) is 0 Å². The predicted octanol–water partition coefficient (Wildman–Crippen LogP) is -2.00. The first-order chi connectivity index (χ1) is 16.6. The van der Waals surface area contributed by atoms with Crippen LogP contribution in [0.1, 0.15) is 0 Å². The molecule has 14 heteroatoms. The second-order valence-electron chi connectivity index (χ2n) is 6.83. The highest BCUT2D eigenvalue weighted by Crippen LogP contribution is 1.99. The van der Waals surface area contributed by atoms with E-state index in [1.165, 1.54) is 23.5 Å².